The smallest absolute Gasteiger partial charge is 0.410 e. The second-order valence-corrected chi connectivity index (χ2v) is 7.82. The average Bonchev–Trinajstić information content (AvgIpc) is 3.02. The molecule has 1 aliphatic rings. The number of nitrogens with one attached hydrogen (secondary N) is 2. The van der Waals surface area contributed by atoms with Crippen molar-refractivity contribution in [2.45, 2.75) is 51.0 Å². The maximum atomic E-state index is 13.7. The summed E-state index contributed by atoms with van der Waals surface area (Å²) in [5.74, 6) is 0.129. The standard InChI is InChI=1S/C19H23F3N4O2/c1-18(2,3)25-17(27)13-10-23-26-15(19(20,21)22)9-14(24-16(13)26)11-6-5-7-12(8-11)28-4/h5-8,10,14-15,24H,9H2,1-4H3,(H,25,27)/t14-,15+/m1/s1. The number of methoxy groups -OCH3 is 1. The van der Waals surface area contributed by atoms with Crippen molar-refractivity contribution in [3.8, 4) is 5.75 Å². The number of fused-ring (bicyclic) bond motifs is 1. The van der Waals surface area contributed by atoms with Gasteiger partial charge in [-0.1, -0.05) is 12.1 Å². The lowest BCUT2D eigenvalue weighted by atomic mass is 9.96. The summed E-state index contributed by atoms with van der Waals surface area (Å²) >= 11 is 0. The minimum absolute atomic E-state index is 0.0585. The summed E-state index contributed by atoms with van der Waals surface area (Å²) in [6, 6.07) is 4.38. The van der Waals surface area contributed by atoms with Crippen LogP contribution < -0.4 is 15.4 Å². The molecule has 2 N–H and O–H groups in total. The van der Waals surface area contributed by atoms with Gasteiger partial charge in [-0.15, -0.1) is 0 Å². The van der Waals surface area contributed by atoms with Crippen molar-refractivity contribution in [3.63, 3.8) is 0 Å². The third-order valence-corrected chi connectivity index (χ3v) is 4.47. The van der Waals surface area contributed by atoms with Crippen molar-refractivity contribution in [2.24, 2.45) is 0 Å². The normalized spacial score (nSPS) is 19.5. The second-order valence-electron chi connectivity index (χ2n) is 7.82. The predicted octanol–water partition coefficient (Wildman–Crippen LogP) is 4.08. The predicted molar refractivity (Wildman–Crippen MR) is 98.5 cm³/mol. The molecule has 3 rings (SSSR count). The van der Waals surface area contributed by atoms with E-state index >= 15 is 0 Å². The van der Waals surface area contributed by atoms with Crippen LogP contribution in [0.25, 0.3) is 0 Å². The highest BCUT2D eigenvalue weighted by Crippen LogP contribution is 2.44. The Morgan fingerprint density at radius 2 is 2.04 bits per heavy atom. The molecule has 0 radical (unpaired) electrons. The fourth-order valence-electron chi connectivity index (χ4n) is 3.21. The molecule has 2 aromatic rings. The van der Waals surface area contributed by atoms with Crippen LogP contribution in [0.15, 0.2) is 30.5 Å². The highest BCUT2D eigenvalue weighted by atomic mass is 19.4. The molecule has 1 amide bonds. The first-order chi connectivity index (χ1) is 13.0. The van der Waals surface area contributed by atoms with E-state index in [1.807, 2.05) is 0 Å². The van der Waals surface area contributed by atoms with E-state index in [0.29, 0.717) is 11.3 Å². The SMILES string of the molecule is COc1cccc([C@H]2C[C@@H](C(F)(F)F)n3ncc(C(=O)NC(C)(C)C)c3N2)c1. The summed E-state index contributed by atoms with van der Waals surface area (Å²) in [6.07, 6.45) is -3.57. The Morgan fingerprint density at radius 3 is 2.64 bits per heavy atom. The second kappa shape index (κ2) is 7.03. The Labute approximate surface area is 161 Å². The maximum absolute atomic E-state index is 13.7. The van der Waals surface area contributed by atoms with E-state index in [1.165, 1.54) is 13.3 Å². The first-order valence-electron chi connectivity index (χ1n) is 8.87. The van der Waals surface area contributed by atoms with Crippen molar-refractivity contribution in [1.29, 1.82) is 0 Å². The van der Waals surface area contributed by atoms with Crippen LogP contribution >= 0.6 is 0 Å². The fraction of sp³-hybridized carbons (Fsp3) is 0.474. The van der Waals surface area contributed by atoms with Crippen molar-refractivity contribution < 1.29 is 22.7 Å². The van der Waals surface area contributed by atoms with Crippen LogP contribution in [0.5, 0.6) is 5.75 Å². The van der Waals surface area contributed by atoms with Crippen LogP contribution in [0, 0.1) is 0 Å². The van der Waals surface area contributed by atoms with Crippen LogP contribution in [-0.2, 0) is 0 Å². The third kappa shape index (κ3) is 4.07. The molecule has 2 atom stereocenters. The Balaban J connectivity index is 2.02. The summed E-state index contributed by atoms with van der Waals surface area (Å²) < 4.78 is 47.2. The molecule has 0 aliphatic carbocycles. The van der Waals surface area contributed by atoms with Crippen molar-refractivity contribution in [2.75, 3.05) is 12.4 Å². The van der Waals surface area contributed by atoms with E-state index in [9.17, 15) is 18.0 Å². The van der Waals surface area contributed by atoms with Crippen LogP contribution in [0.2, 0.25) is 0 Å². The zero-order valence-corrected chi connectivity index (χ0v) is 16.1. The maximum Gasteiger partial charge on any atom is 0.410 e. The lowest BCUT2D eigenvalue weighted by molar-refractivity contribution is -0.173. The van der Waals surface area contributed by atoms with E-state index in [2.05, 4.69) is 15.7 Å². The minimum atomic E-state index is -4.50. The molecule has 0 unspecified atom stereocenters. The number of alkyl halides is 3. The van der Waals surface area contributed by atoms with Gasteiger partial charge in [0.25, 0.3) is 5.91 Å². The van der Waals surface area contributed by atoms with Crippen molar-refractivity contribution in [1.82, 2.24) is 15.1 Å². The Morgan fingerprint density at radius 1 is 1.32 bits per heavy atom. The zero-order valence-electron chi connectivity index (χ0n) is 16.1. The number of carbonyl (C=O) groups excluding carboxylic acids is 1. The number of benzene rings is 1. The minimum Gasteiger partial charge on any atom is -0.497 e. The van der Waals surface area contributed by atoms with E-state index in [0.717, 1.165) is 4.68 Å². The third-order valence-electron chi connectivity index (χ3n) is 4.47. The summed E-state index contributed by atoms with van der Waals surface area (Å²) in [6.45, 7) is 5.39. The van der Waals surface area contributed by atoms with Gasteiger partial charge < -0.3 is 15.4 Å². The Kier molecular flexibility index (Phi) is 5.03. The zero-order chi connectivity index (χ0) is 20.7. The molecule has 6 nitrogen and oxygen atoms in total. The summed E-state index contributed by atoms with van der Waals surface area (Å²) in [5, 5.41) is 9.70. The highest BCUT2D eigenvalue weighted by molar-refractivity contribution is 5.99. The molecule has 152 valence electrons. The van der Waals surface area contributed by atoms with Gasteiger partial charge in [0.15, 0.2) is 6.04 Å². The Hall–Kier alpha value is -2.71. The molecule has 9 heteroatoms. The number of halogens is 3. The number of hydrogen-bond donors (Lipinski definition) is 2. The van der Waals surface area contributed by atoms with Gasteiger partial charge in [-0.3, -0.25) is 4.79 Å². The van der Waals surface area contributed by atoms with Crippen LogP contribution in [-0.4, -0.2) is 34.5 Å². The summed E-state index contributed by atoms with van der Waals surface area (Å²) in [7, 11) is 1.50. The van der Waals surface area contributed by atoms with Crippen LogP contribution in [0.3, 0.4) is 0 Å². The molecular formula is C19H23F3N4O2. The molecule has 28 heavy (non-hydrogen) atoms. The van der Waals surface area contributed by atoms with E-state index in [-0.39, 0.29) is 17.8 Å². The quantitative estimate of drug-likeness (QED) is 0.820. The number of rotatable bonds is 3. The fourth-order valence-corrected chi connectivity index (χ4v) is 3.21. The number of amides is 1. The van der Waals surface area contributed by atoms with Gasteiger partial charge in [-0.05, 0) is 38.5 Å². The van der Waals surface area contributed by atoms with Gasteiger partial charge in [-0.2, -0.15) is 18.3 Å². The van der Waals surface area contributed by atoms with Crippen molar-refractivity contribution in [3.05, 3.63) is 41.6 Å². The summed E-state index contributed by atoms with van der Waals surface area (Å²) in [4.78, 5) is 12.6. The van der Waals surface area contributed by atoms with Gasteiger partial charge in [0.05, 0.1) is 19.3 Å². The number of anilines is 1. The molecule has 1 aromatic carbocycles. The van der Waals surface area contributed by atoms with Gasteiger partial charge in [0, 0.05) is 12.0 Å². The molecule has 2 heterocycles. The first-order valence-corrected chi connectivity index (χ1v) is 8.87. The average molecular weight is 396 g/mol. The Bertz CT molecular complexity index is 871. The molecule has 0 bridgehead atoms. The van der Waals surface area contributed by atoms with E-state index < -0.39 is 29.7 Å². The number of aromatic nitrogens is 2. The number of hydrogen-bond acceptors (Lipinski definition) is 4. The van der Waals surface area contributed by atoms with Crippen LogP contribution in [0.4, 0.5) is 19.0 Å². The highest BCUT2D eigenvalue weighted by Gasteiger charge is 2.47. The van der Waals surface area contributed by atoms with Gasteiger partial charge in [0.2, 0.25) is 0 Å². The van der Waals surface area contributed by atoms with Gasteiger partial charge >= 0.3 is 6.18 Å². The van der Waals surface area contributed by atoms with Crippen LogP contribution in [0.1, 0.15) is 55.2 Å². The van der Waals surface area contributed by atoms with E-state index in [4.69, 9.17) is 4.74 Å². The van der Waals surface area contributed by atoms with E-state index in [1.54, 1.807) is 45.0 Å². The molecule has 1 aromatic heterocycles. The lowest BCUT2D eigenvalue weighted by Gasteiger charge is -2.34. The molecule has 0 saturated carbocycles. The lowest BCUT2D eigenvalue weighted by Crippen LogP contribution is -2.41. The largest absolute Gasteiger partial charge is 0.497 e. The monoisotopic (exact) mass is 396 g/mol. The molecular weight excluding hydrogens is 373 g/mol. The molecule has 1 aliphatic heterocycles. The molecule has 0 spiro atoms. The van der Waals surface area contributed by atoms with Crippen molar-refractivity contribution >= 4 is 11.7 Å². The van der Waals surface area contributed by atoms with Gasteiger partial charge in [-0.25, -0.2) is 4.68 Å². The molecule has 0 fully saturated rings. The molecule has 0 saturated heterocycles. The first kappa shape index (κ1) is 20.0. The summed E-state index contributed by atoms with van der Waals surface area (Å²) in [5.41, 5.74) is 0.191. The number of carbonyl (C=O) groups is 1. The number of nitrogens with zero attached hydrogens (tertiary/aromatic N) is 2. The number of ether oxygens (including phenoxy) is 1. The topological polar surface area (TPSA) is 68.2 Å². The van der Waals surface area contributed by atoms with Gasteiger partial charge in [0.1, 0.15) is 17.1 Å².